The average Bonchev–Trinajstić information content (AvgIpc) is 2.13. The van der Waals surface area contributed by atoms with Crippen LogP contribution in [0.25, 0.3) is 0 Å². The van der Waals surface area contributed by atoms with E-state index in [0.29, 0.717) is 15.7 Å². The van der Waals surface area contributed by atoms with Crippen molar-refractivity contribution < 1.29 is 14.7 Å². The van der Waals surface area contributed by atoms with E-state index in [9.17, 15) is 9.59 Å². The van der Waals surface area contributed by atoms with Crippen LogP contribution in [0.2, 0.25) is 0 Å². The standard InChI is InChI=1S/C10H11BrN2O3/c1-13(5-9(14)15)10(16)6-2-7(11)4-8(12)3-6/h2-4H,5,12H2,1H3,(H,14,15). The molecule has 1 aromatic rings. The van der Waals surface area contributed by atoms with E-state index >= 15 is 0 Å². The maximum atomic E-state index is 11.8. The molecule has 1 amide bonds. The Morgan fingerprint density at radius 2 is 2.06 bits per heavy atom. The van der Waals surface area contributed by atoms with Gasteiger partial charge in [0, 0.05) is 22.8 Å². The molecule has 3 N–H and O–H groups in total. The van der Waals surface area contributed by atoms with Gasteiger partial charge in [-0.25, -0.2) is 0 Å². The Bertz CT molecular complexity index is 414. The Hall–Kier alpha value is -1.56. The molecule has 0 aliphatic carbocycles. The molecular formula is C10H11BrN2O3. The summed E-state index contributed by atoms with van der Waals surface area (Å²) in [4.78, 5) is 23.3. The molecule has 0 saturated carbocycles. The first kappa shape index (κ1) is 12.5. The zero-order chi connectivity index (χ0) is 12.3. The summed E-state index contributed by atoms with van der Waals surface area (Å²) in [5, 5.41) is 8.56. The Morgan fingerprint density at radius 1 is 1.44 bits per heavy atom. The molecule has 86 valence electrons. The Balaban J connectivity index is 2.91. The topological polar surface area (TPSA) is 83.6 Å². The molecule has 0 radical (unpaired) electrons. The number of nitrogen functional groups attached to an aromatic ring is 1. The summed E-state index contributed by atoms with van der Waals surface area (Å²) in [6, 6.07) is 4.76. The molecule has 0 aliphatic rings. The molecule has 0 fully saturated rings. The largest absolute Gasteiger partial charge is 0.480 e. The number of rotatable bonds is 3. The highest BCUT2D eigenvalue weighted by atomic mass is 79.9. The van der Waals surface area contributed by atoms with Crippen LogP contribution in [0.5, 0.6) is 0 Å². The van der Waals surface area contributed by atoms with E-state index < -0.39 is 5.97 Å². The van der Waals surface area contributed by atoms with Gasteiger partial charge in [0.1, 0.15) is 6.54 Å². The third-order valence-corrected chi connectivity index (χ3v) is 2.34. The minimum absolute atomic E-state index is 0.342. The number of hydrogen-bond acceptors (Lipinski definition) is 3. The molecule has 1 aromatic carbocycles. The van der Waals surface area contributed by atoms with Crippen molar-refractivity contribution in [2.45, 2.75) is 0 Å². The van der Waals surface area contributed by atoms with Gasteiger partial charge in [-0.05, 0) is 18.2 Å². The number of aliphatic carboxylic acids is 1. The Labute approximate surface area is 101 Å². The number of nitrogens with zero attached hydrogens (tertiary/aromatic N) is 1. The van der Waals surface area contributed by atoms with Crippen LogP contribution in [0.3, 0.4) is 0 Å². The van der Waals surface area contributed by atoms with Crippen LogP contribution in [0.1, 0.15) is 10.4 Å². The Kier molecular flexibility index (Phi) is 3.89. The van der Waals surface area contributed by atoms with Crippen molar-refractivity contribution in [2.24, 2.45) is 0 Å². The van der Waals surface area contributed by atoms with Crippen molar-refractivity contribution >= 4 is 33.5 Å². The highest BCUT2D eigenvalue weighted by Crippen LogP contribution is 2.18. The van der Waals surface area contributed by atoms with Gasteiger partial charge in [-0.3, -0.25) is 9.59 Å². The quantitative estimate of drug-likeness (QED) is 0.818. The lowest BCUT2D eigenvalue weighted by atomic mass is 10.2. The van der Waals surface area contributed by atoms with E-state index in [1.165, 1.54) is 13.1 Å². The first-order chi connectivity index (χ1) is 7.40. The molecule has 0 atom stereocenters. The molecule has 5 nitrogen and oxygen atoms in total. The van der Waals surface area contributed by atoms with Gasteiger partial charge in [0.25, 0.3) is 5.91 Å². The van der Waals surface area contributed by atoms with Crippen LogP contribution in [-0.2, 0) is 4.79 Å². The van der Waals surface area contributed by atoms with Gasteiger partial charge in [-0.1, -0.05) is 15.9 Å². The number of likely N-dealkylation sites (N-methyl/N-ethyl adjacent to an activating group) is 1. The van der Waals surface area contributed by atoms with Gasteiger partial charge in [-0.15, -0.1) is 0 Å². The number of carboxylic acids is 1. The molecule has 6 heteroatoms. The summed E-state index contributed by atoms with van der Waals surface area (Å²) in [5.41, 5.74) is 6.38. The molecule has 16 heavy (non-hydrogen) atoms. The first-order valence-electron chi connectivity index (χ1n) is 4.43. The van der Waals surface area contributed by atoms with Crippen molar-refractivity contribution in [3.63, 3.8) is 0 Å². The molecular weight excluding hydrogens is 276 g/mol. The van der Waals surface area contributed by atoms with Crippen molar-refractivity contribution in [1.29, 1.82) is 0 Å². The van der Waals surface area contributed by atoms with Crippen LogP contribution in [0.15, 0.2) is 22.7 Å². The van der Waals surface area contributed by atoms with Gasteiger partial charge in [0.05, 0.1) is 0 Å². The minimum atomic E-state index is -1.06. The van der Waals surface area contributed by atoms with Gasteiger partial charge >= 0.3 is 5.97 Å². The van der Waals surface area contributed by atoms with Gasteiger partial charge in [-0.2, -0.15) is 0 Å². The van der Waals surface area contributed by atoms with Gasteiger partial charge in [0.2, 0.25) is 0 Å². The number of halogens is 1. The molecule has 0 saturated heterocycles. The normalized spacial score (nSPS) is 9.88. The average molecular weight is 287 g/mol. The smallest absolute Gasteiger partial charge is 0.323 e. The first-order valence-corrected chi connectivity index (χ1v) is 5.23. The highest BCUT2D eigenvalue weighted by Gasteiger charge is 2.14. The van der Waals surface area contributed by atoms with Crippen LogP contribution < -0.4 is 5.73 Å². The third-order valence-electron chi connectivity index (χ3n) is 1.89. The second-order valence-corrected chi connectivity index (χ2v) is 4.24. The number of hydrogen-bond donors (Lipinski definition) is 2. The molecule has 0 bridgehead atoms. The van der Waals surface area contributed by atoms with Crippen molar-refractivity contribution in [1.82, 2.24) is 4.90 Å². The monoisotopic (exact) mass is 286 g/mol. The summed E-state index contributed by atoms with van der Waals surface area (Å²) in [5.74, 6) is -1.44. The molecule has 0 unspecified atom stereocenters. The molecule has 0 heterocycles. The molecule has 0 aromatic heterocycles. The number of anilines is 1. The fourth-order valence-electron chi connectivity index (χ4n) is 1.23. The van der Waals surface area contributed by atoms with E-state index in [1.54, 1.807) is 12.1 Å². The lowest BCUT2D eigenvalue weighted by Gasteiger charge is -2.14. The number of benzene rings is 1. The zero-order valence-electron chi connectivity index (χ0n) is 8.61. The summed E-state index contributed by atoms with van der Waals surface area (Å²) < 4.78 is 0.680. The SMILES string of the molecule is CN(CC(=O)O)C(=O)c1cc(N)cc(Br)c1. The summed E-state index contributed by atoms with van der Waals surface area (Å²) >= 11 is 3.21. The predicted octanol–water partition coefficient (Wildman–Crippen LogP) is 1.19. The fourth-order valence-corrected chi connectivity index (χ4v) is 1.74. The zero-order valence-corrected chi connectivity index (χ0v) is 10.2. The molecule has 1 rings (SSSR count). The minimum Gasteiger partial charge on any atom is -0.480 e. The van der Waals surface area contributed by atoms with Crippen LogP contribution >= 0.6 is 15.9 Å². The highest BCUT2D eigenvalue weighted by molar-refractivity contribution is 9.10. The predicted molar refractivity (Wildman–Crippen MR) is 63.2 cm³/mol. The summed E-state index contributed by atoms with van der Waals surface area (Å²) in [6.07, 6.45) is 0. The van der Waals surface area contributed by atoms with Gasteiger partial charge < -0.3 is 15.7 Å². The maximum absolute atomic E-state index is 11.8. The Morgan fingerprint density at radius 3 is 2.56 bits per heavy atom. The second kappa shape index (κ2) is 4.98. The summed E-state index contributed by atoms with van der Waals surface area (Å²) in [7, 11) is 1.42. The maximum Gasteiger partial charge on any atom is 0.323 e. The molecule has 0 spiro atoms. The van der Waals surface area contributed by atoms with Gasteiger partial charge in [0.15, 0.2) is 0 Å². The van der Waals surface area contributed by atoms with E-state index in [4.69, 9.17) is 10.8 Å². The van der Waals surface area contributed by atoms with Crippen molar-refractivity contribution in [3.05, 3.63) is 28.2 Å². The van der Waals surface area contributed by atoms with E-state index in [2.05, 4.69) is 15.9 Å². The second-order valence-electron chi connectivity index (χ2n) is 3.33. The van der Waals surface area contributed by atoms with Crippen LogP contribution in [0, 0.1) is 0 Å². The number of amides is 1. The van der Waals surface area contributed by atoms with Crippen molar-refractivity contribution in [2.75, 3.05) is 19.3 Å². The fraction of sp³-hybridized carbons (Fsp3) is 0.200. The lowest BCUT2D eigenvalue weighted by molar-refractivity contribution is -0.137. The summed E-state index contributed by atoms with van der Waals surface area (Å²) in [6.45, 7) is -0.342. The van der Waals surface area contributed by atoms with Crippen LogP contribution in [-0.4, -0.2) is 35.5 Å². The number of carbonyl (C=O) groups is 2. The van der Waals surface area contributed by atoms with Crippen LogP contribution in [0.4, 0.5) is 5.69 Å². The molecule has 0 aliphatic heterocycles. The van der Waals surface area contributed by atoms with E-state index in [-0.39, 0.29) is 12.5 Å². The number of nitrogens with two attached hydrogens (primary N) is 1. The van der Waals surface area contributed by atoms with Crippen molar-refractivity contribution in [3.8, 4) is 0 Å². The van der Waals surface area contributed by atoms with E-state index in [1.807, 2.05) is 0 Å². The lowest BCUT2D eigenvalue weighted by Crippen LogP contribution is -2.31. The number of carbonyl (C=O) groups excluding carboxylic acids is 1. The number of carboxylic acid groups (broad SMARTS) is 1. The van der Waals surface area contributed by atoms with E-state index in [0.717, 1.165) is 4.90 Å². The third kappa shape index (κ3) is 3.23.